The lowest BCUT2D eigenvalue weighted by molar-refractivity contribution is -0.145. The zero-order chi connectivity index (χ0) is 18.3. The maximum atomic E-state index is 12.0. The van der Waals surface area contributed by atoms with Gasteiger partial charge in [-0.1, -0.05) is 0 Å². The highest BCUT2D eigenvalue weighted by molar-refractivity contribution is 5.92. The first-order valence-electron chi connectivity index (χ1n) is 8.45. The van der Waals surface area contributed by atoms with Gasteiger partial charge in [0.25, 0.3) is 5.91 Å². The number of nitrogens with zero attached hydrogens (tertiary/aromatic N) is 1. The Morgan fingerprint density at radius 1 is 1.27 bits per heavy atom. The summed E-state index contributed by atoms with van der Waals surface area (Å²) >= 11 is 0. The van der Waals surface area contributed by atoms with E-state index in [2.05, 4.69) is 10.3 Å². The molecule has 136 valence electrons. The second-order valence-corrected chi connectivity index (χ2v) is 6.14. The number of carbonyl (C=O) groups excluding carboxylic acids is 2. The molecule has 2 aliphatic rings. The summed E-state index contributed by atoms with van der Waals surface area (Å²) in [4.78, 5) is 27.7. The van der Waals surface area contributed by atoms with Crippen molar-refractivity contribution in [1.82, 2.24) is 10.3 Å². The van der Waals surface area contributed by atoms with Gasteiger partial charge in [0, 0.05) is 32.2 Å². The molecule has 1 saturated carbocycles. The number of fused-ring (bicyclic) bond motifs is 3. The zero-order valence-corrected chi connectivity index (χ0v) is 14.4. The SMILES string of the molecule is CCOC(=O)[C@@H]1[C@H]2Oc3ccc(Oc4ccnc(C(=O)NC)c4)cc3[C@H]21.[HH]. The molecule has 4 rings (SSSR count). The van der Waals surface area contributed by atoms with Gasteiger partial charge in [-0.25, -0.2) is 0 Å². The summed E-state index contributed by atoms with van der Waals surface area (Å²) in [5.41, 5.74) is 1.23. The van der Waals surface area contributed by atoms with E-state index in [0.717, 1.165) is 11.3 Å². The van der Waals surface area contributed by atoms with Gasteiger partial charge in [-0.15, -0.1) is 0 Å². The van der Waals surface area contributed by atoms with Gasteiger partial charge < -0.3 is 19.5 Å². The highest BCUT2D eigenvalue weighted by Crippen LogP contribution is 2.59. The Kier molecular flexibility index (Phi) is 3.99. The lowest BCUT2D eigenvalue weighted by Crippen LogP contribution is -2.18. The molecular formula is C19H20N2O5. The third-order valence-electron chi connectivity index (χ3n) is 4.54. The molecule has 1 N–H and O–H groups in total. The Balaban J connectivity index is 0.00000210. The molecule has 0 unspecified atom stereocenters. The molecule has 3 atom stereocenters. The van der Waals surface area contributed by atoms with E-state index < -0.39 is 0 Å². The molecule has 0 bridgehead atoms. The van der Waals surface area contributed by atoms with Crippen LogP contribution in [0.5, 0.6) is 17.2 Å². The summed E-state index contributed by atoms with van der Waals surface area (Å²) in [7, 11) is 1.55. The number of hydrogen-bond acceptors (Lipinski definition) is 6. The topological polar surface area (TPSA) is 86.8 Å². The van der Waals surface area contributed by atoms with E-state index in [0.29, 0.717) is 18.1 Å². The van der Waals surface area contributed by atoms with Gasteiger partial charge in [0.15, 0.2) is 0 Å². The van der Waals surface area contributed by atoms with Crippen molar-refractivity contribution in [2.24, 2.45) is 5.92 Å². The summed E-state index contributed by atoms with van der Waals surface area (Å²) in [6.07, 6.45) is 1.38. The third kappa shape index (κ3) is 2.75. The first kappa shape index (κ1) is 16.4. The Labute approximate surface area is 151 Å². The smallest absolute Gasteiger partial charge is 0.313 e. The van der Waals surface area contributed by atoms with Crippen LogP contribution in [0.4, 0.5) is 0 Å². The summed E-state index contributed by atoms with van der Waals surface area (Å²) in [5.74, 6) is 1.17. The molecule has 7 heteroatoms. The van der Waals surface area contributed by atoms with Crippen LogP contribution in [-0.2, 0) is 9.53 Å². The van der Waals surface area contributed by atoms with Gasteiger partial charge in [-0.05, 0) is 31.2 Å². The van der Waals surface area contributed by atoms with Crippen LogP contribution in [-0.4, -0.2) is 36.6 Å². The number of aromatic nitrogens is 1. The molecule has 2 heterocycles. The van der Waals surface area contributed by atoms with Crippen molar-refractivity contribution in [3.05, 3.63) is 47.8 Å². The molecule has 1 aliphatic carbocycles. The molecule has 26 heavy (non-hydrogen) atoms. The minimum atomic E-state index is -0.282. The van der Waals surface area contributed by atoms with E-state index >= 15 is 0 Å². The Bertz CT molecular complexity index is 888. The van der Waals surface area contributed by atoms with Gasteiger partial charge >= 0.3 is 5.97 Å². The molecule has 1 aromatic carbocycles. The average Bonchev–Trinajstić information content (AvgIpc) is 3.25. The molecule has 1 amide bonds. The van der Waals surface area contributed by atoms with Gasteiger partial charge in [0.1, 0.15) is 35.0 Å². The number of rotatable bonds is 5. The summed E-state index contributed by atoms with van der Waals surface area (Å²) in [5, 5.41) is 2.53. The molecule has 2 aromatic rings. The number of pyridine rings is 1. The lowest BCUT2D eigenvalue weighted by Gasteiger charge is -2.11. The van der Waals surface area contributed by atoms with Gasteiger partial charge in [0.05, 0.1) is 6.61 Å². The van der Waals surface area contributed by atoms with Crippen molar-refractivity contribution in [1.29, 1.82) is 0 Å². The first-order chi connectivity index (χ1) is 12.6. The normalized spacial score (nSPS) is 21.8. The molecule has 0 spiro atoms. The molecule has 0 radical (unpaired) electrons. The van der Waals surface area contributed by atoms with Crippen LogP contribution < -0.4 is 14.8 Å². The number of amides is 1. The fourth-order valence-corrected chi connectivity index (χ4v) is 3.29. The van der Waals surface area contributed by atoms with E-state index in [-0.39, 0.29) is 36.9 Å². The van der Waals surface area contributed by atoms with E-state index in [1.165, 1.54) is 6.20 Å². The van der Waals surface area contributed by atoms with Crippen LogP contribution in [0, 0.1) is 5.92 Å². The van der Waals surface area contributed by atoms with Crippen molar-refractivity contribution < 1.29 is 25.2 Å². The van der Waals surface area contributed by atoms with Crippen LogP contribution in [0.25, 0.3) is 0 Å². The number of hydrogen-bond donors (Lipinski definition) is 1. The molecule has 7 nitrogen and oxygen atoms in total. The number of benzene rings is 1. The molecular weight excluding hydrogens is 336 g/mol. The molecule has 1 aromatic heterocycles. The van der Waals surface area contributed by atoms with Crippen molar-refractivity contribution in [3.8, 4) is 17.2 Å². The minimum absolute atomic E-state index is 0. The van der Waals surface area contributed by atoms with E-state index in [9.17, 15) is 9.59 Å². The standard InChI is InChI=1S/C19H18N2O5.H2/c1-3-24-19(23)16-15-12-8-10(4-5-14(12)26-17(15)16)25-11-6-7-21-13(9-11)18(22)20-2;/h4-9,15-17H,3H2,1-2H3,(H,20,22);1H/t15-,16-,17-;/m0./s1. The Morgan fingerprint density at radius 3 is 2.85 bits per heavy atom. The highest BCUT2D eigenvalue weighted by Gasteiger charge is 2.63. The van der Waals surface area contributed by atoms with Crippen LogP contribution in [0.2, 0.25) is 0 Å². The van der Waals surface area contributed by atoms with E-state index in [1.807, 2.05) is 12.1 Å². The predicted molar refractivity (Wildman–Crippen MR) is 93.5 cm³/mol. The number of carbonyl (C=O) groups is 2. The molecule has 1 aliphatic heterocycles. The summed E-state index contributed by atoms with van der Waals surface area (Å²) in [6.45, 7) is 2.15. The predicted octanol–water partition coefficient (Wildman–Crippen LogP) is 2.52. The molecule has 0 saturated heterocycles. The zero-order valence-electron chi connectivity index (χ0n) is 14.4. The van der Waals surface area contributed by atoms with Gasteiger partial charge in [-0.2, -0.15) is 0 Å². The van der Waals surface area contributed by atoms with Crippen LogP contribution >= 0.6 is 0 Å². The fraction of sp³-hybridized carbons (Fsp3) is 0.316. The van der Waals surface area contributed by atoms with Crippen molar-refractivity contribution in [3.63, 3.8) is 0 Å². The lowest BCUT2D eigenvalue weighted by atomic mass is 10.1. The first-order valence-corrected chi connectivity index (χ1v) is 8.45. The maximum Gasteiger partial charge on any atom is 0.313 e. The summed E-state index contributed by atoms with van der Waals surface area (Å²) < 4.78 is 16.8. The van der Waals surface area contributed by atoms with E-state index in [4.69, 9.17) is 14.2 Å². The van der Waals surface area contributed by atoms with Crippen LogP contribution in [0.3, 0.4) is 0 Å². The maximum absolute atomic E-state index is 12.0. The number of nitrogens with one attached hydrogen (secondary N) is 1. The quantitative estimate of drug-likeness (QED) is 0.829. The van der Waals surface area contributed by atoms with Crippen LogP contribution in [0.15, 0.2) is 36.5 Å². The number of ether oxygens (including phenoxy) is 3. The van der Waals surface area contributed by atoms with Crippen molar-refractivity contribution in [2.45, 2.75) is 18.9 Å². The van der Waals surface area contributed by atoms with Crippen LogP contribution in [0.1, 0.15) is 30.3 Å². The van der Waals surface area contributed by atoms with E-state index in [1.54, 1.807) is 32.2 Å². The second kappa shape index (κ2) is 6.33. The fourth-order valence-electron chi connectivity index (χ4n) is 3.29. The average molecular weight is 356 g/mol. The Morgan fingerprint density at radius 2 is 2.08 bits per heavy atom. The number of esters is 1. The second-order valence-electron chi connectivity index (χ2n) is 6.14. The van der Waals surface area contributed by atoms with Crippen molar-refractivity contribution in [2.75, 3.05) is 13.7 Å². The summed E-state index contributed by atoms with van der Waals surface area (Å²) in [6, 6.07) is 8.75. The van der Waals surface area contributed by atoms with Gasteiger partial charge in [0.2, 0.25) is 0 Å². The monoisotopic (exact) mass is 356 g/mol. The Hall–Kier alpha value is -3.09. The van der Waals surface area contributed by atoms with Gasteiger partial charge in [-0.3, -0.25) is 14.6 Å². The van der Waals surface area contributed by atoms with Crippen molar-refractivity contribution >= 4 is 11.9 Å². The largest absolute Gasteiger partial charge is 0.489 e. The molecule has 1 fully saturated rings. The highest BCUT2D eigenvalue weighted by atomic mass is 16.5. The minimum Gasteiger partial charge on any atom is -0.489 e. The third-order valence-corrected chi connectivity index (χ3v) is 4.54.